The van der Waals surface area contributed by atoms with Crippen molar-refractivity contribution in [3.8, 4) is 0 Å². The molecule has 1 aliphatic heterocycles. The Hall–Kier alpha value is -2.11. The second-order valence-electron chi connectivity index (χ2n) is 8.62. The fraction of sp³-hybridized carbons (Fsp3) is 0.545. The van der Waals surface area contributed by atoms with Crippen LogP contribution in [0.25, 0.3) is 10.9 Å². The highest BCUT2D eigenvalue weighted by molar-refractivity contribution is 5.94. The highest BCUT2D eigenvalue weighted by atomic mass is 19.4. The number of carbonyl (C=O) groups excluding carboxylic acids is 1. The fourth-order valence-electron chi connectivity index (χ4n) is 4.70. The van der Waals surface area contributed by atoms with Gasteiger partial charge in [-0.15, -0.1) is 0 Å². The molecule has 0 amide bonds. The molecule has 0 unspecified atom stereocenters. The highest BCUT2D eigenvalue weighted by Crippen LogP contribution is 2.59. The van der Waals surface area contributed by atoms with Crippen molar-refractivity contribution in [3.05, 3.63) is 36.0 Å². The molecule has 2 aromatic rings. The molecule has 6 heteroatoms. The van der Waals surface area contributed by atoms with E-state index in [1.54, 1.807) is 6.20 Å². The first-order chi connectivity index (χ1) is 13.2. The molecule has 2 fully saturated rings. The van der Waals surface area contributed by atoms with E-state index in [1.807, 2.05) is 25.1 Å². The predicted octanol–water partition coefficient (Wildman–Crippen LogP) is 5.31. The minimum absolute atomic E-state index is 0.0163. The number of aromatic nitrogens is 1. The van der Waals surface area contributed by atoms with Gasteiger partial charge < -0.3 is 4.90 Å². The SMILES string of the molecule is Cc1ccc(N2C[C@@H](C)C[C@@H](CC(=O)C3(C(F)(F)F)CC3)C2)c2cccnc12. The summed E-state index contributed by atoms with van der Waals surface area (Å²) in [5.74, 6) is -0.348. The Labute approximate surface area is 162 Å². The first-order valence-corrected chi connectivity index (χ1v) is 9.90. The van der Waals surface area contributed by atoms with Gasteiger partial charge in [0.25, 0.3) is 0 Å². The Morgan fingerprint density at radius 2 is 2.00 bits per heavy atom. The first kappa shape index (κ1) is 19.2. The van der Waals surface area contributed by atoms with E-state index in [0.29, 0.717) is 12.5 Å². The standard InChI is InChI=1S/C22H25F3N2O/c1-14-10-16(11-19(28)21(7-8-21)22(23,24)25)13-27(12-14)18-6-5-15(2)20-17(18)4-3-9-26-20/h3-6,9,14,16H,7-8,10-13H2,1-2H3/t14-,16-/m0/s1. The number of benzene rings is 1. The Morgan fingerprint density at radius 3 is 2.68 bits per heavy atom. The van der Waals surface area contributed by atoms with E-state index in [0.717, 1.165) is 35.1 Å². The number of halogens is 3. The number of aryl methyl sites for hydroxylation is 1. The number of Topliss-reactive ketones (excluding diaryl/α,β-unsaturated/α-hetero) is 1. The van der Waals surface area contributed by atoms with Crippen LogP contribution < -0.4 is 4.90 Å². The number of ketones is 1. The van der Waals surface area contributed by atoms with Crippen molar-refractivity contribution < 1.29 is 18.0 Å². The summed E-state index contributed by atoms with van der Waals surface area (Å²) in [6, 6.07) is 8.04. The van der Waals surface area contributed by atoms with Crippen LogP contribution in [-0.2, 0) is 4.79 Å². The van der Waals surface area contributed by atoms with Crippen molar-refractivity contribution in [1.82, 2.24) is 4.98 Å². The summed E-state index contributed by atoms with van der Waals surface area (Å²) in [5.41, 5.74) is 1.03. The lowest BCUT2D eigenvalue weighted by Gasteiger charge is -2.39. The number of alkyl halides is 3. The Morgan fingerprint density at radius 1 is 1.25 bits per heavy atom. The fourth-order valence-corrected chi connectivity index (χ4v) is 4.70. The average Bonchev–Trinajstić information content (AvgIpc) is 3.44. The molecule has 0 N–H and O–H groups in total. The molecule has 1 aromatic heterocycles. The van der Waals surface area contributed by atoms with Gasteiger partial charge in [0.1, 0.15) is 11.2 Å². The normalized spacial score (nSPS) is 24.4. The molecule has 1 saturated carbocycles. The number of pyridine rings is 1. The van der Waals surface area contributed by atoms with E-state index in [1.165, 1.54) is 0 Å². The number of hydrogen-bond donors (Lipinski definition) is 0. The molecule has 3 nitrogen and oxygen atoms in total. The zero-order chi connectivity index (χ0) is 20.1. The topological polar surface area (TPSA) is 33.2 Å². The van der Waals surface area contributed by atoms with Crippen LogP contribution in [0.4, 0.5) is 18.9 Å². The highest BCUT2D eigenvalue weighted by Gasteiger charge is 2.67. The lowest BCUT2D eigenvalue weighted by atomic mass is 9.83. The van der Waals surface area contributed by atoms with E-state index in [2.05, 4.69) is 22.9 Å². The van der Waals surface area contributed by atoms with Gasteiger partial charge in [-0.2, -0.15) is 13.2 Å². The summed E-state index contributed by atoms with van der Waals surface area (Å²) in [6.07, 6.45) is -1.93. The molecule has 1 saturated heterocycles. The maximum atomic E-state index is 13.3. The van der Waals surface area contributed by atoms with Gasteiger partial charge in [0.2, 0.25) is 0 Å². The summed E-state index contributed by atoms with van der Waals surface area (Å²) in [4.78, 5) is 19.2. The Bertz CT molecular complexity index is 904. The average molecular weight is 390 g/mol. The summed E-state index contributed by atoms with van der Waals surface area (Å²) in [7, 11) is 0. The third-order valence-corrected chi connectivity index (χ3v) is 6.34. The maximum absolute atomic E-state index is 13.3. The van der Waals surface area contributed by atoms with Crippen molar-refractivity contribution in [2.45, 2.75) is 45.7 Å². The number of hydrogen-bond acceptors (Lipinski definition) is 3. The lowest BCUT2D eigenvalue weighted by Crippen LogP contribution is -2.42. The van der Waals surface area contributed by atoms with E-state index < -0.39 is 17.4 Å². The zero-order valence-corrected chi connectivity index (χ0v) is 16.2. The molecule has 150 valence electrons. The zero-order valence-electron chi connectivity index (χ0n) is 16.2. The summed E-state index contributed by atoms with van der Waals surface area (Å²) in [5, 5.41) is 1.05. The van der Waals surface area contributed by atoms with Crippen LogP contribution in [0.15, 0.2) is 30.5 Å². The molecule has 2 atom stereocenters. The van der Waals surface area contributed by atoms with Gasteiger partial charge in [-0.05, 0) is 61.8 Å². The Balaban J connectivity index is 1.57. The molecular weight excluding hydrogens is 365 g/mol. The number of rotatable bonds is 4. The van der Waals surface area contributed by atoms with Gasteiger partial charge >= 0.3 is 6.18 Å². The molecule has 0 radical (unpaired) electrons. The van der Waals surface area contributed by atoms with Crippen molar-refractivity contribution in [3.63, 3.8) is 0 Å². The number of nitrogens with zero attached hydrogens (tertiary/aromatic N) is 2. The quantitative estimate of drug-likeness (QED) is 0.710. The molecule has 1 aliphatic carbocycles. The van der Waals surface area contributed by atoms with Gasteiger partial charge in [0.05, 0.1) is 5.52 Å². The van der Waals surface area contributed by atoms with Crippen LogP contribution in [0.3, 0.4) is 0 Å². The molecule has 28 heavy (non-hydrogen) atoms. The maximum Gasteiger partial charge on any atom is 0.401 e. The van der Waals surface area contributed by atoms with Gasteiger partial charge in [-0.25, -0.2) is 0 Å². The van der Waals surface area contributed by atoms with Gasteiger partial charge in [0, 0.05) is 36.8 Å². The molecule has 0 spiro atoms. The van der Waals surface area contributed by atoms with Crippen LogP contribution >= 0.6 is 0 Å². The van der Waals surface area contributed by atoms with E-state index >= 15 is 0 Å². The summed E-state index contributed by atoms with van der Waals surface area (Å²) >= 11 is 0. The monoisotopic (exact) mass is 390 g/mol. The van der Waals surface area contributed by atoms with Crippen LogP contribution in [0, 0.1) is 24.2 Å². The van der Waals surface area contributed by atoms with Crippen molar-refractivity contribution >= 4 is 22.4 Å². The molecule has 2 aliphatic rings. The van der Waals surface area contributed by atoms with Gasteiger partial charge in [-0.3, -0.25) is 9.78 Å². The third-order valence-electron chi connectivity index (χ3n) is 6.34. The van der Waals surface area contributed by atoms with Crippen LogP contribution in [0.5, 0.6) is 0 Å². The second kappa shape index (κ2) is 6.75. The molecule has 4 rings (SSSR count). The largest absolute Gasteiger partial charge is 0.401 e. The van der Waals surface area contributed by atoms with Gasteiger partial charge in [-0.1, -0.05) is 13.0 Å². The number of piperidine rings is 1. The van der Waals surface area contributed by atoms with E-state index in [4.69, 9.17) is 0 Å². The molecular formula is C22H25F3N2O. The van der Waals surface area contributed by atoms with Crippen molar-refractivity contribution in [1.29, 1.82) is 0 Å². The number of fused-ring (bicyclic) bond motifs is 1. The van der Waals surface area contributed by atoms with E-state index in [9.17, 15) is 18.0 Å². The third kappa shape index (κ3) is 3.27. The second-order valence-corrected chi connectivity index (χ2v) is 8.62. The van der Waals surface area contributed by atoms with E-state index in [-0.39, 0.29) is 25.2 Å². The van der Waals surface area contributed by atoms with Gasteiger partial charge in [0.15, 0.2) is 0 Å². The number of anilines is 1. The Kier molecular flexibility index (Phi) is 4.63. The lowest BCUT2D eigenvalue weighted by molar-refractivity contribution is -0.191. The van der Waals surface area contributed by atoms with Crippen molar-refractivity contribution in [2.24, 2.45) is 17.3 Å². The molecule has 1 aromatic carbocycles. The summed E-state index contributed by atoms with van der Waals surface area (Å²) < 4.78 is 39.9. The van der Waals surface area contributed by atoms with Crippen molar-refractivity contribution in [2.75, 3.05) is 18.0 Å². The number of carbonyl (C=O) groups is 1. The predicted molar refractivity (Wildman–Crippen MR) is 103 cm³/mol. The smallest absolute Gasteiger partial charge is 0.370 e. The van der Waals surface area contributed by atoms with Crippen LogP contribution in [0.2, 0.25) is 0 Å². The summed E-state index contributed by atoms with van der Waals surface area (Å²) in [6.45, 7) is 5.57. The molecule has 2 heterocycles. The molecule has 0 bridgehead atoms. The first-order valence-electron chi connectivity index (χ1n) is 9.90. The van der Waals surface area contributed by atoms with Crippen LogP contribution in [-0.4, -0.2) is 30.0 Å². The minimum atomic E-state index is -4.41. The van der Waals surface area contributed by atoms with Crippen LogP contribution in [0.1, 0.15) is 38.2 Å². The minimum Gasteiger partial charge on any atom is -0.370 e.